The lowest BCUT2D eigenvalue weighted by atomic mass is 9.93. The van der Waals surface area contributed by atoms with Gasteiger partial charge in [0.05, 0.1) is 0 Å². The minimum absolute atomic E-state index is 0.195. The number of aryl methyl sites for hydroxylation is 1. The Bertz CT molecular complexity index is 1650. The zero-order valence-electron chi connectivity index (χ0n) is 26.8. The second-order valence-electron chi connectivity index (χ2n) is 11.9. The van der Waals surface area contributed by atoms with Crippen molar-refractivity contribution >= 4 is 28.4 Å². The number of nitrogens with zero attached hydrogens (tertiary/aromatic N) is 3. The molecule has 2 aromatic carbocycles. The third-order valence-electron chi connectivity index (χ3n) is 7.59. The Morgan fingerprint density at radius 3 is 2.34 bits per heavy atom. The average molecular weight is 596 g/mol. The molecule has 0 aliphatic carbocycles. The van der Waals surface area contributed by atoms with E-state index >= 15 is 0 Å². The topological polar surface area (TPSA) is 88.5 Å². The van der Waals surface area contributed by atoms with Gasteiger partial charge in [-0.25, -0.2) is 9.78 Å². The van der Waals surface area contributed by atoms with Gasteiger partial charge in [-0.2, -0.15) is 0 Å². The molecule has 8 heteroatoms. The van der Waals surface area contributed by atoms with Crippen LogP contribution >= 0.6 is 0 Å². The fourth-order valence-electron chi connectivity index (χ4n) is 5.34. The zero-order valence-corrected chi connectivity index (χ0v) is 26.8. The third kappa shape index (κ3) is 7.55. The van der Waals surface area contributed by atoms with E-state index in [-0.39, 0.29) is 23.1 Å². The van der Waals surface area contributed by atoms with Crippen molar-refractivity contribution in [2.75, 3.05) is 37.9 Å². The summed E-state index contributed by atoms with van der Waals surface area (Å²) in [5.74, 6) is 1.08. The van der Waals surface area contributed by atoms with Crippen LogP contribution in [0.5, 0.6) is 5.75 Å². The summed E-state index contributed by atoms with van der Waals surface area (Å²) < 4.78 is 7.68. The van der Waals surface area contributed by atoms with Gasteiger partial charge in [0.25, 0.3) is 5.56 Å². The molecule has 0 aliphatic rings. The number of carbonyl (C=O) groups excluding carboxylic acids is 1. The van der Waals surface area contributed by atoms with Gasteiger partial charge in [-0.05, 0) is 79.7 Å². The van der Waals surface area contributed by atoms with Crippen molar-refractivity contribution in [1.29, 1.82) is 0 Å². The van der Waals surface area contributed by atoms with E-state index in [2.05, 4.69) is 54.8 Å². The Hall–Kier alpha value is -4.43. The number of allylic oxidation sites excluding steroid dienone is 1. The van der Waals surface area contributed by atoms with E-state index in [0.29, 0.717) is 30.1 Å². The number of ether oxygens (including phenoxy) is 1. The molecule has 0 spiro atoms. The van der Waals surface area contributed by atoms with Gasteiger partial charge >= 0.3 is 6.03 Å². The van der Waals surface area contributed by atoms with Gasteiger partial charge in [0.15, 0.2) is 0 Å². The predicted octanol–water partition coefficient (Wildman–Crippen LogP) is 7.86. The number of unbranched alkanes of at least 4 members (excludes halogenated alkanes) is 1. The first kappa shape index (κ1) is 32.5. The van der Waals surface area contributed by atoms with Crippen LogP contribution in [0, 0.1) is 0 Å². The quantitative estimate of drug-likeness (QED) is 0.121. The number of pyridine rings is 2. The number of nitrogens with one attached hydrogen (secondary N) is 2. The predicted molar refractivity (Wildman–Crippen MR) is 182 cm³/mol. The Labute approximate surface area is 260 Å². The monoisotopic (exact) mass is 595 g/mol. The standard InChI is InChI=1S/C36H45N5O3/c1-8-9-10-20-41-34-30(18-13-19-37-34)31(26-14-11-15-27(23-26)44-22-21-40(6)7)33(35(41)42)39-36(43)38-32-28(24(2)3)16-12-17-29(32)25(4)5/h8,11-19,23-25H,1,9-10,20-22H2,2-7H3,(H2,38,39,43). The molecule has 2 heterocycles. The Morgan fingerprint density at radius 1 is 1.00 bits per heavy atom. The molecule has 4 aromatic rings. The van der Waals surface area contributed by atoms with Crippen molar-refractivity contribution in [1.82, 2.24) is 14.5 Å². The van der Waals surface area contributed by atoms with E-state index in [1.54, 1.807) is 10.8 Å². The van der Waals surface area contributed by atoms with Crippen molar-refractivity contribution in [3.05, 3.63) is 94.9 Å². The van der Waals surface area contributed by atoms with Gasteiger partial charge in [0, 0.05) is 35.9 Å². The number of anilines is 2. The highest BCUT2D eigenvalue weighted by atomic mass is 16.5. The van der Waals surface area contributed by atoms with Gasteiger partial charge < -0.3 is 20.3 Å². The maximum Gasteiger partial charge on any atom is 0.323 e. The molecule has 2 aromatic heterocycles. The number of hydrogen-bond acceptors (Lipinski definition) is 5. The van der Waals surface area contributed by atoms with Crippen LogP contribution in [0.3, 0.4) is 0 Å². The largest absolute Gasteiger partial charge is 0.492 e. The fourth-order valence-corrected chi connectivity index (χ4v) is 5.34. The van der Waals surface area contributed by atoms with Crippen molar-refractivity contribution in [3.8, 4) is 16.9 Å². The Morgan fingerprint density at radius 2 is 1.68 bits per heavy atom. The van der Waals surface area contributed by atoms with Gasteiger partial charge in [0.1, 0.15) is 23.7 Å². The normalized spacial score (nSPS) is 11.4. The lowest BCUT2D eigenvalue weighted by Crippen LogP contribution is -2.30. The van der Waals surface area contributed by atoms with Crippen LogP contribution in [-0.2, 0) is 6.54 Å². The fraction of sp³-hybridized carbons (Fsp3) is 0.361. The summed E-state index contributed by atoms with van der Waals surface area (Å²) in [4.78, 5) is 34.8. The lowest BCUT2D eigenvalue weighted by molar-refractivity contribution is 0.261. The first-order valence-electron chi connectivity index (χ1n) is 15.3. The molecule has 232 valence electrons. The van der Waals surface area contributed by atoms with Crippen molar-refractivity contribution in [3.63, 3.8) is 0 Å². The van der Waals surface area contributed by atoms with Crippen molar-refractivity contribution < 1.29 is 9.53 Å². The number of carbonyl (C=O) groups is 1. The molecule has 0 bridgehead atoms. The van der Waals surface area contributed by atoms with Crippen LogP contribution in [0.25, 0.3) is 22.2 Å². The zero-order chi connectivity index (χ0) is 31.8. The number of hydrogen-bond donors (Lipinski definition) is 2. The maximum absolute atomic E-state index is 14.3. The molecule has 2 N–H and O–H groups in total. The van der Waals surface area contributed by atoms with E-state index in [0.717, 1.165) is 47.2 Å². The van der Waals surface area contributed by atoms with Gasteiger partial charge in [0.2, 0.25) is 0 Å². The number of aromatic nitrogens is 2. The first-order chi connectivity index (χ1) is 21.1. The molecule has 0 saturated carbocycles. The molecular weight excluding hydrogens is 550 g/mol. The SMILES string of the molecule is C=CCCCn1c(=O)c(NC(=O)Nc2c(C(C)C)cccc2C(C)C)c(-c2cccc(OCCN(C)C)c2)c2cccnc21. The van der Waals surface area contributed by atoms with E-state index < -0.39 is 6.03 Å². The summed E-state index contributed by atoms with van der Waals surface area (Å²) in [5.41, 5.74) is 4.66. The van der Waals surface area contributed by atoms with Gasteiger partial charge in [-0.3, -0.25) is 9.36 Å². The lowest BCUT2D eigenvalue weighted by Gasteiger charge is -2.22. The summed E-state index contributed by atoms with van der Waals surface area (Å²) >= 11 is 0. The molecule has 0 atom stereocenters. The summed E-state index contributed by atoms with van der Waals surface area (Å²) in [6, 6.07) is 17.0. The minimum Gasteiger partial charge on any atom is -0.492 e. The number of rotatable bonds is 13. The van der Waals surface area contributed by atoms with Crippen LogP contribution in [0.15, 0.2) is 78.2 Å². The Kier molecular flexibility index (Phi) is 11.0. The molecule has 0 saturated heterocycles. The van der Waals surface area contributed by atoms with E-state index in [1.165, 1.54) is 0 Å². The summed E-state index contributed by atoms with van der Waals surface area (Å²) in [6.07, 6.45) is 4.99. The van der Waals surface area contributed by atoms with Gasteiger partial charge in [-0.1, -0.05) is 64.1 Å². The molecule has 4 rings (SSSR count). The highest BCUT2D eigenvalue weighted by Crippen LogP contribution is 2.36. The number of fused-ring (bicyclic) bond motifs is 1. The highest BCUT2D eigenvalue weighted by Gasteiger charge is 2.23. The van der Waals surface area contributed by atoms with Crippen LogP contribution in [0.2, 0.25) is 0 Å². The molecule has 44 heavy (non-hydrogen) atoms. The maximum atomic E-state index is 14.3. The molecule has 0 fully saturated rings. The number of benzene rings is 2. The molecular formula is C36H45N5O3. The molecule has 0 unspecified atom stereocenters. The number of likely N-dealkylation sites (N-methyl/N-ethyl adjacent to an activating group) is 1. The summed E-state index contributed by atoms with van der Waals surface area (Å²) in [7, 11) is 3.99. The van der Waals surface area contributed by atoms with Crippen molar-refractivity contribution in [2.45, 2.75) is 58.9 Å². The highest BCUT2D eigenvalue weighted by molar-refractivity contribution is 6.07. The van der Waals surface area contributed by atoms with Gasteiger partial charge in [-0.15, -0.1) is 6.58 Å². The van der Waals surface area contributed by atoms with Crippen LogP contribution in [-0.4, -0.2) is 47.7 Å². The summed E-state index contributed by atoms with van der Waals surface area (Å²) in [5, 5.41) is 6.85. The van der Waals surface area contributed by atoms with Crippen molar-refractivity contribution in [2.24, 2.45) is 0 Å². The molecule has 8 nitrogen and oxygen atoms in total. The van der Waals surface area contributed by atoms with Crippen LogP contribution in [0.1, 0.15) is 63.5 Å². The number of amides is 2. The minimum atomic E-state index is -0.474. The summed E-state index contributed by atoms with van der Waals surface area (Å²) in [6.45, 7) is 14.0. The smallest absolute Gasteiger partial charge is 0.323 e. The first-order valence-corrected chi connectivity index (χ1v) is 15.3. The molecule has 2 amide bonds. The number of para-hydroxylation sites is 1. The second-order valence-corrected chi connectivity index (χ2v) is 11.9. The van der Waals surface area contributed by atoms with E-state index in [1.807, 2.05) is 74.8 Å². The van der Waals surface area contributed by atoms with E-state index in [9.17, 15) is 9.59 Å². The molecule has 0 aliphatic heterocycles. The average Bonchev–Trinajstić information content (AvgIpc) is 2.98. The second kappa shape index (κ2) is 14.8. The molecule has 0 radical (unpaired) electrons. The van der Waals surface area contributed by atoms with E-state index in [4.69, 9.17) is 4.74 Å². The third-order valence-corrected chi connectivity index (χ3v) is 7.59. The Balaban J connectivity index is 1.86. The van der Waals surface area contributed by atoms with Crippen LogP contribution < -0.4 is 20.9 Å². The van der Waals surface area contributed by atoms with Crippen LogP contribution in [0.4, 0.5) is 16.2 Å². The number of urea groups is 1.